The lowest BCUT2D eigenvalue weighted by Gasteiger charge is -2.69. The third-order valence-corrected chi connectivity index (χ3v) is 6.70. The summed E-state index contributed by atoms with van der Waals surface area (Å²) >= 11 is 0. The third kappa shape index (κ3) is 2.30. The van der Waals surface area contributed by atoms with Crippen LogP contribution in [-0.2, 0) is 0 Å². The van der Waals surface area contributed by atoms with Gasteiger partial charge in [0.25, 0.3) is 0 Å². The van der Waals surface area contributed by atoms with Crippen molar-refractivity contribution in [2.75, 3.05) is 0 Å². The fourth-order valence-electron chi connectivity index (χ4n) is 5.08. The van der Waals surface area contributed by atoms with Crippen LogP contribution in [0, 0.1) is 13.8 Å². The van der Waals surface area contributed by atoms with E-state index < -0.39 is 47.5 Å². The van der Waals surface area contributed by atoms with E-state index in [4.69, 9.17) is 0 Å². The normalized spacial score (nSPS) is 42.6. The second-order valence-corrected chi connectivity index (χ2v) is 8.30. The number of rotatable bonds is 2. The van der Waals surface area contributed by atoms with Gasteiger partial charge in [-0.05, 0) is 25.0 Å². The van der Waals surface area contributed by atoms with Crippen molar-refractivity contribution in [2.45, 2.75) is 61.3 Å². The van der Waals surface area contributed by atoms with Crippen LogP contribution in [0.15, 0.2) is 48.5 Å². The zero-order valence-corrected chi connectivity index (χ0v) is 15.8. The van der Waals surface area contributed by atoms with Gasteiger partial charge in [-0.25, -0.2) is 0 Å². The van der Waals surface area contributed by atoms with Crippen molar-refractivity contribution in [1.29, 1.82) is 0 Å². The SMILES string of the molecule is Cc1ccc(C2C(O)[C@@H](O)[C@@H](O)[C@@]3(O)C(c4ccc(C)cc4)C(O)[C@@]23O)cc1. The van der Waals surface area contributed by atoms with Crippen LogP contribution in [0.3, 0.4) is 0 Å². The summed E-state index contributed by atoms with van der Waals surface area (Å²) in [5.74, 6) is -2.18. The molecule has 2 aliphatic carbocycles. The predicted octanol–water partition coefficient (Wildman–Crippen LogP) is 0.104. The number of aliphatic hydroxyl groups is 6. The standard InChI is InChI=1S/C22H26O6/c1-11-3-7-13(8-4-11)15-17(23)18(24)20(26)22(28)16(19(25)21(15,22)27)14-9-5-12(2)6-10-14/h3-10,15-20,23-28H,1-2H3/t15?,16?,17?,18-,19?,20-,21+,22+/m1/s1. The first kappa shape index (κ1) is 19.5. The van der Waals surface area contributed by atoms with Gasteiger partial charge in [0, 0.05) is 11.8 Å². The molecule has 0 aromatic heterocycles. The lowest BCUT2D eigenvalue weighted by atomic mass is 9.42. The largest absolute Gasteiger partial charge is 0.390 e. The van der Waals surface area contributed by atoms with Gasteiger partial charge in [0.05, 0.1) is 12.2 Å². The van der Waals surface area contributed by atoms with Gasteiger partial charge < -0.3 is 30.6 Å². The quantitative estimate of drug-likeness (QED) is 0.436. The minimum absolute atomic E-state index is 0.464. The minimum Gasteiger partial charge on any atom is -0.390 e. The van der Waals surface area contributed by atoms with E-state index in [2.05, 4.69) is 0 Å². The summed E-state index contributed by atoms with van der Waals surface area (Å²) < 4.78 is 0. The van der Waals surface area contributed by atoms with E-state index in [0.717, 1.165) is 11.1 Å². The Morgan fingerprint density at radius 3 is 1.43 bits per heavy atom. The summed E-state index contributed by atoms with van der Waals surface area (Å²) in [6, 6.07) is 14.0. The van der Waals surface area contributed by atoms with Crippen LogP contribution >= 0.6 is 0 Å². The fraction of sp³-hybridized carbons (Fsp3) is 0.455. The molecule has 6 heteroatoms. The molecule has 4 unspecified atom stereocenters. The van der Waals surface area contributed by atoms with Crippen molar-refractivity contribution >= 4 is 0 Å². The molecule has 8 atom stereocenters. The molecular formula is C22H26O6. The monoisotopic (exact) mass is 386 g/mol. The number of hydrogen-bond donors (Lipinski definition) is 6. The van der Waals surface area contributed by atoms with Crippen molar-refractivity contribution in [2.24, 2.45) is 0 Å². The molecule has 28 heavy (non-hydrogen) atoms. The van der Waals surface area contributed by atoms with E-state index in [0.29, 0.717) is 11.1 Å². The highest BCUT2D eigenvalue weighted by atomic mass is 16.4. The van der Waals surface area contributed by atoms with Crippen molar-refractivity contribution in [3.05, 3.63) is 70.8 Å². The van der Waals surface area contributed by atoms with Crippen LogP contribution in [0.2, 0.25) is 0 Å². The first-order chi connectivity index (χ1) is 13.1. The Morgan fingerprint density at radius 1 is 0.571 bits per heavy atom. The number of fused-ring (bicyclic) bond motifs is 1. The number of hydrogen-bond acceptors (Lipinski definition) is 6. The third-order valence-electron chi connectivity index (χ3n) is 6.70. The van der Waals surface area contributed by atoms with E-state index in [1.54, 1.807) is 48.5 Å². The van der Waals surface area contributed by atoms with Crippen molar-refractivity contribution in [3.63, 3.8) is 0 Å². The summed E-state index contributed by atoms with van der Waals surface area (Å²) in [4.78, 5) is 0. The van der Waals surface area contributed by atoms with E-state index >= 15 is 0 Å². The maximum atomic E-state index is 11.5. The summed E-state index contributed by atoms with van der Waals surface area (Å²) in [7, 11) is 0. The molecule has 0 bridgehead atoms. The molecule has 0 aliphatic heterocycles. The number of aliphatic hydroxyl groups excluding tert-OH is 4. The summed E-state index contributed by atoms with van der Waals surface area (Å²) in [6.07, 6.45) is -6.51. The molecule has 0 amide bonds. The highest BCUT2D eigenvalue weighted by Crippen LogP contribution is 2.64. The van der Waals surface area contributed by atoms with Crippen molar-refractivity contribution in [1.82, 2.24) is 0 Å². The maximum absolute atomic E-state index is 11.5. The smallest absolute Gasteiger partial charge is 0.134 e. The molecule has 2 aromatic carbocycles. The highest BCUT2D eigenvalue weighted by molar-refractivity contribution is 5.46. The molecule has 6 nitrogen and oxygen atoms in total. The van der Waals surface area contributed by atoms with Gasteiger partial charge in [-0.15, -0.1) is 0 Å². The van der Waals surface area contributed by atoms with Crippen molar-refractivity contribution < 1.29 is 30.6 Å². The Kier molecular flexibility index (Phi) is 4.43. The average Bonchev–Trinajstić information content (AvgIpc) is 2.68. The minimum atomic E-state index is -2.23. The van der Waals surface area contributed by atoms with Crippen LogP contribution in [0.25, 0.3) is 0 Å². The van der Waals surface area contributed by atoms with E-state index in [-0.39, 0.29) is 0 Å². The van der Waals surface area contributed by atoms with Gasteiger partial charge >= 0.3 is 0 Å². The number of benzene rings is 2. The first-order valence-corrected chi connectivity index (χ1v) is 9.44. The van der Waals surface area contributed by atoms with E-state index in [1.807, 2.05) is 13.8 Å². The van der Waals surface area contributed by atoms with Crippen molar-refractivity contribution in [3.8, 4) is 0 Å². The molecule has 4 rings (SSSR count). The van der Waals surface area contributed by atoms with Crippen LogP contribution in [0.4, 0.5) is 0 Å². The van der Waals surface area contributed by atoms with Crippen LogP contribution in [0.1, 0.15) is 34.1 Å². The Balaban J connectivity index is 1.84. The number of aryl methyl sites for hydroxylation is 2. The molecule has 0 radical (unpaired) electrons. The van der Waals surface area contributed by atoms with Gasteiger partial charge in [0.15, 0.2) is 0 Å². The summed E-state index contributed by atoms with van der Waals surface area (Å²) in [5.41, 5.74) is -1.51. The fourth-order valence-corrected chi connectivity index (χ4v) is 5.08. The van der Waals surface area contributed by atoms with Crippen LogP contribution in [0.5, 0.6) is 0 Å². The Labute approximate surface area is 163 Å². The molecule has 0 heterocycles. The molecule has 2 aliphatic rings. The zero-order chi connectivity index (χ0) is 20.4. The zero-order valence-electron chi connectivity index (χ0n) is 15.8. The molecule has 0 saturated heterocycles. The van der Waals surface area contributed by atoms with Gasteiger partial charge in [-0.1, -0.05) is 59.7 Å². The Morgan fingerprint density at radius 2 is 0.964 bits per heavy atom. The highest BCUT2D eigenvalue weighted by Gasteiger charge is 2.81. The molecule has 6 N–H and O–H groups in total. The topological polar surface area (TPSA) is 121 Å². The molecule has 0 spiro atoms. The summed E-state index contributed by atoms with van der Waals surface area (Å²) in [6.45, 7) is 3.78. The first-order valence-electron chi connectivity index (χ1n) is 9.44. The van der Waals surface area contributed by atoms with E-state index in [9.17, 15) is 30.6 Å². The molecule has 150 valence electrons. The summed E-state index contributed by atoms with van der Waals surface area (Å²) in [5, 5.41) is 65.6. The molecule has 2 saturated carbocycles. The Bertz CT molecular complexity index is 864. The van der Waals surface area contributed by atoms with Gasteiger partial charge in [-0.3, -0.25) is 0 Å². The Hall–Kier alpha value is -1.80. The molecule has 2 fully saturated rings. The van der Waals surface area contributed by atoms with Crippen LogP contribution in [-0.4, -0.2) is 66.3 Å². The van der Waals surface area contributed by atoms with E-state index in [1.165, 1.54) is 0 Å². The average molecular weight is 386 g/mol. The predicted molar refractivity (Wildman–Crippen MR) is 102 cm³/mol. The second-order valence-electron chi connectivity index (χ2n) is 8.30. The lowest BCUT2D eigenvalue weighted by Crippen LogP contribution is -2.88. The van der Waals surface area contributed by atoms with Crippen LogP contribution < -0.4 is 0 Å². The lowest BCUT2D eigenvalue weighted by molar-refractivity contribution is -0.378. The van der Waals surface area contributed by atoms with Gasteiger partial charge in [0.2, 0.25) is 0 Å². The second kappa shape index (κ2) is 6.35. The van der Waals surface area contributed by atoms with Gasteiger partial charge in [0.1, 0.15) is 23.4 Å². The maximum Gasteiger partial charge on any atom is 0.134 e. The van der Waals surface area contributed by atoms with Gasteiger partial charge in [-0.2, -0.15) is 0 Å². The molecule has 2 aromatic rings. The molecular weight excluding hydrogens is 360 g/mol.